The van der Waals surface area contributed by atoms with Gasteiger partial charge in [0.2, 0.25) is 5.91 Å². The molecule has 0 atom stereocenters. The molecular weight excluding hydrogens is 349 g/mol. The Labute approximate surface area is 148 Å². The molecule has 26 heavy (non-hydrogen) atoms. The normalized spacial score (nSPS) is 10.3. The van der Waals surface area contributed by atoms with E-state index in [1.165, 1.54) is 0 Å². The van der Waals surface area contributed by atoms with Crippen molar-refractivity contribution >= 4 is 23.3 Å². The molecule has 5 nitrogen and oxygen atoms in total. The quantitative estimate of drug-likeness (QED) is 0.579. The van der Waals surface area contributed by atoms with Crippen molar-refractivity contribution in [2.24, 2.45) is 0 Å². The molecule has 0 saturated heterocycles. The molecule has 0 aromatic heterocycles. The van der Waals surface area contributed by atoms with E-state index in [-0.39, 0.29) is 19.6 Å². The van der Waals surface area contributed by atoms with E-state index in [0.29, 0.717) is 11.3 Å². The molecule has 0 fully saturated rings. The SMILES string of the molecule is CCOC(=O)c1ccc(NCCC(=O)Nc2ccc(F)c(F)c2F)cc1. The Morgan fingerprint density at radius 3 is 2.35 bits per heavy atom. The zero-order chi connectivity index (χ0) is 19.1. The Bertz CT molecular complexity index is 795. The van der Waals surface area contributed by atoms with Crippen molar-refractivity contribution in [2.45, 2.75) is 13.3 Å². The lowest BCUT2D eigenvalue weighted by Gasteiger charge is -2.09. The maximum Gasteiger partial charge on any atom is 0.338 e. The van der Waals surface area contributed by atoms with Crippen molar-refractivity contribution in [1.82, 2.24) is 0 Å². The minimum Gasteiger partial charge on any atom is -0.462 e. The third-order valence-electron chi connectivity index (χ3n) is 3.39. The van der Waals surface area contributed by atoms with Crippen LogP contribution in [0.1, 0.15) is 23.7 Å². The van der Waals surface area contributed by atoms with Crippen LogP contribution in [0.25, 0.3) is 0 Å². The van der Waals surface area contributed by atoms with E-state index in [1.54, 1.807) is 31.2 Å². The standard InChI is InChI=1S/C18H17F3N2O3/c1-2-26-18(25)11-3-5-12(6-4-11)22-10-9-15(24)23-14-8-7-13(19)16(20)17(14)21/h3-8,22H,2,9-10H2,1H3,(H,23,24). The summed E-state index contributed by atoms with van der Waals surface area (Å²) >= 11 is 0. The van der Waals surface area contributed by atoms with Crippen molar-refractivity contribution in [3.8, 4) is 0 Å². The minimum absolute atomic E-state index is 0.0297. The van der Waals surface area contributed by atoms with Crippen LogP contribution in [0.2, 0.25) is 0 Å². The van der Waals surface area contributed by atoms with Crippen LogP contribution >= 0.6 is 0 Å². The fourth-order valence-electron chi connectivity index (χ4n) is 2.09. The smallest absolute Gasteiger partial charge is 0.338 e. The maximum atomic E-state index is 13.5. The number of halogens is 3. The molecule has 2 N–H and O–H groups in total. The summed E-state index contributed by atoms with van der Waals surface area (Å²) < 4.78 is 44.3. The summed E-state index contributed by atoms with van der Waals surface area (Å²) in [7, 11) is 0. The summed E-state index contributed by atoms with van der Waals surface area (Å²) in [5.74, 6) is -5.39. The molecule has 0 aliphatic heterocycles. The molecule has 138 valence electrons. The first-order valence-electron chi connectivity index (χ1n) is 7.86. The molecule has 0 aliphatic carbocycles. The third-order valence-corrected chi connectivity index (χ3v) is 3.39. The van der Waals surface area contributed by atoms with Gasteiger partial charge in [-0.3, -0.25) is 4.79 Å². The van der Waals surface area contributed by atoms with E-state index >= 15 is 0 Å². The second-order valence-electron chi connectivity index (χ2n) is 5.25. The van der Waals surface area contributed by atoms with Gasteiger partial charge in [0.05, 0.1) is 17.9 Å². The van der Waals surface area contributed by atoms with Crippen LogP contribution in [-0.4, -0.2) is 25.0 Å². The lowest BCUT2D eigenvalue weighted by Crippen LogP contribution is -2.17. The van der Waals surface area contributed by atoms with Gasteiger partial charge in [0.1, 0.15) is 0 Å². The van der Waals surface area contributed by atoms with Crippen molar-refractivity contribution in [3.05, 3.63) is 59.4 Å². The molecule has 0 saturated carbocycles. The average Bonchev–Trinajstić information content (AvgIpc) is 2.63. The largest absolute Gasteiger partial charge is 0.462 e. The highest BCUT2D eigenvalue weighted by atomic mass is 19.2. The van der Waals surface area contributed by atoms with Crippen LogP contribution in [0.5, 0.6) is 0 Å². The van der Waals surface area contributed by atoms with Crippen molar-refractivity contribution in [2.75, 3.05) is 23.8 Å². The molecule has 2 aromatic rings. The summed E-state index contributed by atoms with van der Waals surface area (Å²) in [6, 6.07) is 8.15. The maximum absolute atomic E-state index is 13.5. The van der Waals surface area contributed by atoms with Crippen molar-refractivity contribution < 1.29 is 27.5 Å². The van der Waals surface area contributed by atoms with E-state index in [1.807, 2.05) is 0 Å². The van der Waals surface area contributed by atoms with Crippen LogP contribution in [0.4, 0.5) is 24.5 Å². The molecule has 2 aromatic carbocycles. The predicted octanol–water partition coefficient (Wildman–Crippen LogP) is 3.72. The Hall–Kier alpha value is -3.03. The topological polar surface area (TPSA) is 67.4 Å². The van der Waals surface area contributed by atoms with Gasteiger partial charge < -0.3 is 15.4 Å². The third kappa shape index (κ3) is 4.98. The monoisotopic (exact) mass is 366 g/mol. The fourth-order valence-corrected chi connectivity index (χ4v) is 2.09. The van der Waals surface area contributed by atoms with E-state index < -0.39 is 35.0 Å². The summed E-state index contributed by atoms with van der Waals surface area (Å²) in [6.07, 6.45) is -0.0297. The Morgan fingerprint density at radius 2 is 1.69 bits per heavy atom. The summed E-state index contributed by atoms with van der Waals surface area (Å²) in [5, 5.41) is 5.13. The van der Waals surface area contributed by atoms with Gasteiger partial charge in [-0.1, -0.05) is 0 Å². The Balaban J connectivity index is 1.83. The number of rotatable bonds is 7. The first kappa shape index (κ1) is 19.3. The van der Waals surface area contributed by atoms with E-state index in [4.69, 9.17) is 4.74 Å². The highest BCUT2D eigenvalue weighted by Gasteiger charge is 2.15. The molecule has 0 spiro atoms. The van der Waals surface area contributed by atoms with Crippen LogP contribution in [-0.2, 0) is 9.53 Å². The van der Waals surface area contributed by atoms with Crippen molar-refractivity contribution in [1.29, 1.82) is 0 Å². The highest BCUT2D eigenvalue weighted by Crippen LogP contribution is 2.19. The van der Waals surface area contributed by atoms with Crippen LogP contribution in [0.15, 0.2) is 36.4 Å². The zero-order valence-corrected chi connectivity index (χ0v) is 13.9. The van der Waals surface area contributed by atoms with Gasteiger partial charge >= 0.3 is 5.97 Å². The fraction of sp³-hybridized carbons (Fsp3) is 0.222. The van der Waals surface area contributed by atoms with Crippen molar-refractivity contribution in [3.63, 3.8) is 0 Å². The number of benzene rings is 2. The second kappa shape index (κ2) is 8.89. The van der Waals surface area contributed by atoms with Gasteiger partial charge in [0.25, 0.3) is 0 Å². The van der Waals surface area contributed by atoms with Crippen LogP contribution in [0.3, 0.4) is 0 Å². The lowest BCUT2D eigenvalue weighted by atomic mass is 10.2. The van der Waals surface area contributed by atoms with Gasteiger partial charge in [-0.25, -0.2) is 18.0 Å². The summed E-state index contributed by atoms with van der Waals surface area (Å²) in [6.45, 7) is 2.22. The minimum atomic E-state index is -1.64. The first-order chi connectivity index (χ1) is 12.4. The number of carbonyl (C=O) groups excluding carboxylic acids is 2. The first-order valence-corrected chi connectivity index (χ1v) is 7.86. The molecule has 8 heteroatoms. The van der Waals surface area contributed by atoms with Crippen LogP contribution in [0, 0.1) is 17.5 Å². The van der Waals surface area contributed by atoms with Gasteiger partial charge in [-0.2, -0.15) is 0 Å². The lowest BCUT2D eigenvalue weighted by molar-refractivity contribution is -0.116. The number of esters is 1. The van der Waals surface area contributed by atoms with Gasteiger partial charge in [0.15, 0.2) is 17.5 Å². The number of ether oxygens (including phenoxy) is 1. The molecule has 0 aliphatic rings. The number of hydrogen-bond acceptors (Lipinski definition) is 4. The molecule has 0 heterocycles. The van der Waals surface area contributed by atoms with Gasteiger partial charge in [-0.15, -0.1) is 0 Å². The molecule has 0 unspecified atom stereocenters. The highest BCUT2D eigenvalue weighted by molar-refractivity contribution is 5.91. The van der Waals surface area contributed by atoms with Gasteiger partial charge in [-0.05, 0) is 43.3 Å². The Kier molecular flexibility index (Phi) is 6.60. The number of carbonyl (C=O) groups is 2. The molecule has 0 radical (unpaired) electrons. The second-order valence-corrected chi connectivity index (χ2v) is 5.25. The number of amides is 1. The van der Waals surface area contributed by atoms with E-state index in [2.05, 4.69) is 10.6 Å². The van der Waals surface area contributed by atoms with E-state index in [0.717, 1.165) is 12.1 Å². The molecule has 0 bridgehead atoms. The zero-order valence-electron chi connectivity index (χ0n) is 13.9. The van der Waals surface area contributed by atoms with E-state index in [9.17, 15) is 22.8 Å². The number of anilines is 2. The number of nitrogens with one attached hydrogen (secondary N) is 2. The molecule has 1 amide bonds. The summed E-state index contributed by atoms with van der Waals surface area (Å²) in [5.41, 5.74) is 0.654. The van der Waals surface area contributed by atoms with Gasteiger partial charge in [0, 0.05) is 18.7 Å². The molecular formula is C18H17F3N2O3. The summed E-state index contributed by atoms with van der Waals surface area (Å²) in [4.78, 5) is 23.3. The van der Waals surface area contributed by atoms with Crippen LogP contribution < -0.4 is 10.6 Å². The Morgan fingerprint density at radius 1 is 1.00 bits per heavy atom. The molecule has 2 rings (SSSR count). The average molecular weight is 366 g/mol. The number of hydrogen-bond donors (Lipinski definition) is 2. The predicted molar refractivity (Wildman–Crippen MR) is 90.5 cm³/mol.